The molecule has 0 aliphatic carbocycles. The summed E-state index contributed by atoms with van der Waals surface area (Å²) < 4.78 is 20.7. The highest BCUT2D eigenvalue weighted by Gasteiger charge is 1.80. The van der Waals surface area contributed by atoms with E-state index in [1.807, 2.05) is 0 Å². The van der Waals surface area contributed by atoms with E-state index in [9.17, 15) is 8.78 Å². The maximum absolute atomic E-state index is 10.3. The highest BCUT2D eigenvalue weighted by molar-refractivity contribution is 5.19. The van der Waals surface area contributed by atoms with Crippen molar-refractivity contribution in [2.75, 3.05) is 0 Å². The zero-order valence-electron chi connectivity index (χ0n) is 7.64. The predicted octanol–water partition coefficient (Wildman–Crippen LogP) is 3.57. The van der Waals surface area contributed by atoms with Crippen molar-refractivity contribution in [1.82, 2.24) is 0 Å². The van der Waals surface area contributed by atoms with Crippen molar-refractivity contribution < 1.29 is 8.78 Å². The molecule has 1 aromatic rings. The molecule has 0 N–H and O–H groups in total. The summed E-state index contributed by atoms with van der Waals surface area (Å²) in [6.07, 6.45) is -2.17. The van der Waals surface area contributed by atoms with Gasteiger partial charge in [0, 0.05) is 0 Å². The summed E-state index contributed by atoms with van der Waals surface area (Å²) in [4.78, 5) is 0. The molecule has 0 fully saturated rings. The fraction of sp³-hybridized carbons (Fsp3) is 0.400. The lowest BCUT2D eigenvalue weighted by molar-refractivity contribution is 0.171. The van der Waals surface area contributed by atoms with Crippen molar-refractivity contribution in [2.45, 2.75) is 27.2 Å². The Balaban J connectivity index is 0.000000261. The molecule has 0 unspecified atom stereocenters. The van der Waals surface area contributed by atoms with Crippen molar-refractivity contribution in [3.63, 3.8) is 0 Å². The van der Waals surface area contributed by atoms with Crippen LogP contribution in [0.5, 0.6) is 0 Å². The highest BCUT2D eigenvalue weighted by Crippen LogP contribution is 1.99. The fourth-order valence-corrected chi connectivity index (χ4v) is 0.637. The van der Waals surface area contributed by atoms with Crippen molar-refractivity contribution in [1.29, 1.82) is 0 Å². The molecule has 0 radical (unpaired) electrons. The van der Waals surface area contributed by atoms with Gasteiger partial charge in [-0.1, -0.05) is 35.4 Å². The number of alkyl halides is 2. The Morgan fingerprint density at radius 1 is 0.917 bits per heavy atom. The Labute approximate surface area is 72.2 Å². The standard InChI is InChI=1S/C8H10.C2H4F2/c1-7-3-5-8(2)6-4-7;1-2(3)4/h3-6H,1-2H3;2H,1H3. The molecule has 1 aromatic carbocycles. The third kappa shape index (κ3) is 7.19. The first-order valence-corrected chi connectivity index (χ1v) is 3.84. The summed E-state index contributed by atoms with van der Waals surface area (Å²) >= 11 is 0. The quantitative estimate of drug-likeness (QED) is 0.561. The normalized spacial score (nSPS) is 9.17. The summed E-state index contributed by atoms with van der Waals surface area (Å²) in [5.41, 5.74) is 2.66. The van der Waals surface area contributed by atoms with Crippen LogP contribution < -0.4 is 0 Å². The lowest BCUT2D eigenvalue weighted by Gasteiger charge is -1.90. The average Bonchev–Trinajstić information content (AvgIpc) is 1.94. The van der Waals surface area contributed by atoms with Crippen LogP contribution in [0, 0.1) is 13.8 Å². The zero-order valence-corrected chi connectivity index (χ0v) is 7.64. The van der Waals surface area contributed by atoms with Gasteiger partial charge in [0.15, 0.2) is 0 Å². The Morgan fingerprint density at radius 3 is 1.25 bits per heavy atom. The Morgan fingerprint density at radius 2 is 1.08 bits per heavy atom. The van der Waals surface area contributed by atoms with E-state index in [0.717, 1.165) is 6.92 Å². The maximum Gasteiger partial charge on any atom is 0.235 e. The third-order valence-electron chi connectivity index (χ3n) is 1.22. The number of halogens is 2. The SMILES string of the molecule is CC(F)F.Cc1ccc(C)cc1. The van der Waals surface area contributed by atoms with Crippen molar-refractivity contribution >= 4 is 0 Å². The van der Waals surface area contributed by atoms with E-state index >= 15 is 0 Å². The summed E-state index contributed by atoms with van der Waals surface area (Å²) in [5, 5.41) is 0. The van der Waals surface area contributed by atoms with Gasteiger partial charge in [0.1, 0.15) is 0 Å². The van der Waals surface area contributed by atoms with E-state index < -0.39 is 6.43 Å². The van der Waals surface area contributed by atoms with Gasteiger partial charge >= 0.3 is 0 Å². The molecular weight excluding hydrogens is 158 g/mol. The molecule has 12 heavy (non-hydrogen) atoms. The number of rotatable bonds is 0. The number of hydrogen-bond acceptors (Lipinski definition) is 0. The molecule has 0 aliphatic heterocycles. The molecule has 0 amide bonds. The van der Waals surface area contributed by atoms with Gasteiger partial charge in [0.05, 0.1) is 0 Å². The van der Waals surface area contributed by atoms with Crippen LogP contribution in [-0.2, 0) is 0 Å². The lowest BCUT2D eigenvalue weighted by atomic mass is 10.2. The van der Waals surface area contributed by atoms with Crippen LogP contribution in [-0.4, -0.2) is 6.43 Å². The van der Waals surface area contributed by atoms with Crippen LogP contribution in [0.25, 0.3) is 0 Å². The monoisotopic (exact) mass is 172 g/mol. The molecule has 0 aliphatic rings. The molecule has 0 saturated heterocycles. The predicted molar refractivity (Wildman–Crippen MR) is 47.6 cm³/mol. The molecule has 0 nitrogen and oxygen atoms in total. The van der Waals surface area contributed by atoms with Gasteiger partial charge in [-0.15, -0.1) is 0 Å². The molecule has 68 valence electrons. The third-order valence-corrected chi connectivity index (χ3v) is 1.22. The zero-order chi connectivity index (χ0) is 9.56. The first-order chi connectivity index (χ1) is 5.52. The molecule has 0 saturated carbocycles. The van der Waals surface area contributed by atoms with Gasteiger partial charge in [0.25, 0.3) is 0 Å². The highest BCUT2D eigenvalue weighted by atomic mass is 19.3. The fourth-order valence-electron chi connectivity index (χ4n) is 0.637. The summed E-state index contributed by atoms with van der Waals surface area (Å²) in [7, 11) is 0. The minimum Gasteiger partial charge on any atom is -0.211 e. The minimum atomic E-state index is -2.17. The second kappa shape index (κ2) is 5.70. The largest absolute Gasteiger partial charge is 0.235 e. The molecule has 2 heteroatoms. The Hall–Kier alpha value is -0.920. The van der Waals surface area contributed by atoms with Gasteiger partial charge in [0.2, 0.25) is 6.43 Å². The van der Waals surface area contributed by atoms with Crippen LogP contribution in [0.1, 0.15) is 18.1 Å². The summed E-state index contributed by atoms with van der Waals surface area (Å²) in [6, 6.07) is 8.48. The molecule has 0 spiro atoms. The van der Waals surface area contributed by atoms with Crippen molar-refractivity contribution in [3.05, 3.63) is 35.4 Å². The van der Waals surface area contributed by atoms with Crippen LogP contribution >= 0.6 is 0 Å². The first-order valence-electron chi connectivity index (χ1n) is 3.84. The molecule has 0 bridgehead atoms. The van der Waals surface area contributed by atoms with E-state index in [4.69, 9.17) is 0 Å². The first kappa shape index (κ1) is 11.1. The minimum absolute atomic E-state index is 0.833. The summed E-state index contributed by atoms with van der Waals surface area (Å²) in [6.45, 7) is 5.03. The molecule has 0 atom stereocenters. The maximum atomic E-state index is 10.3. The van der Waals surface area contributed by atoms with Gasteiger partial charge in [-0.05, 0) is 20.8 Å². The second-order valence-electron chi connectivity index (χ2n) is 2.67. The summed E-state index contributed by atoms with van der Waals surface area (Å²) in [5.74, 6) is 0. The smallest absolute Gasteiger partial charge is 0.211 e. The van der Waals surface area contributed by atoms with Crippen LogP contribution in [0.15, 0.2) is 24.3 Å². The number of aryl methyl sites for hydroxylation is 2. The van der Waals surface area contributed by atoms with E-state index in [1.165, 1.54) is 11.1 Å². The van der Waals surface area contributed by atoms with E-state index in [0.29, 0.717) is 0 Å². The van der Waals surface area contributed by atoms with Gasteiger partial charge in [-0.25, -0.2) is 8.78 Å². The van der Waals surface area contributed by atoms with Crippen molar-refractivity contribution in [2.24, 2.45) is 0 Å². The van der Waals surface area contributed by atoms with E-state index in [2.05, 4.69) is 38.1 Å². The topological polar surface area (TPSA) is 0 Å². The lowest BCUT2D eigenvalue weighted by Crippen LogP contribution is -1.70. The van der Waals surface area contributed by atoms with Gasteiger partial charge in [-0.3, -0.25) is 0 Å². The number of benzene rings is 1. The Bertz CT molecular complexity index is 178. The molecular formula is C10H14F2. The van der Waals surface area contributed by atoms with Gasteiger partial charge in [-0.2, -0.15) is 0 Å². The van der Waals surface area contributed by atoms with E-state index in [-0.39, 0.29) is 0 Å². The van der Waals surface area contributed by atoms with Crippen LogP contribution in [0.2, 0.25) is 0 Å². The number of hydrogen-bond donors (Lipinski definition) is 0. The average molecular weight is 172 g/mol. The van der Waals surface area contributed by atoms with Crippen molar-refractivity contribution in [3.8, 4) is 0 Å². The van der Waals surface area contributed by atoms with E-state index in [1.54, 1.807) is 0 Å². The van der Waals surface area contributed by atoms with Crippen LogP contribution in [0.3, 0.4) is 0 Å². The molecule has 1 rings (SSSR count). The Kier molecular flexibility index (Phi) is 5.26. The second-order valence-corrected chi connectivity index (χ2v) is 2.67. The van der Waals surface area contributed by atoms with Crippen LogP contribution in [0.4, 0.5) is 8.78 Å². The molecule has 0 aromatic heterocycles. The van der Waals surface area contributed by atoms with Gasteiger partial charge < -0.3 is 0 Å². The molecule has 0 heterocycles.